The van der Waals surface area contributed by atoms with Gasteiger partial charge in [-0.25, -0.2) is 17.5 Å². The van der Waals surface area contributed by atoms with E-state index in [0.717, 1.165) is 23.8 Å². The Morgan fingerprint density at radius 1 is 0.978 bits per heavy atom. The van der Waals surface area contributed by atoms with Gasteiger partial charge < -0.3 is 21.3 Å². The van der Waals surface area contributed by atoms with Crippen LogP contribution >= 0.6 is 0 Å². The molecule has 0 fully saturated rings. The van der Waals surface area contributed by atoms with Gasteiger partial charge in [-0.1, -0.05) is 84.9 Å². The molecular weight excluding hydrogens is 597 g/mol. The Hall–Kier alpha value is -3.77. The average molecular weight is 646 g/mol. The summed E-state index contributed by atoms with van der Waals surface area (Å²) in [6.45, 7) is 14.6. The lowest BCUT2D eigenvalue weighted by Crippen LogP contribution is -2.61. The zero-order valence-electron chi connectivity index (χ0n) is 27.9. The molecule has 2 aromatic rings. The molecule has 2 rings (SSSR count). The third-order valence-corrected chi connectivity index (χ3v) is 9.28. The van der Waals surface area contributed by atoms with Crippen LogP contribution in [0.3, 0.4) is 0 Å². The van der Waals surface area contributed by atoms with Crippen molar-refractivity contribution in [1.29, 1.82) is 0 Å². The second-order valence-electron chi connectivity index (χ2n) is 13.3. The van der Waals surface area contributed by atoms with E-state index in [4.69, 9.17) is 5.73 Å². The standard InChI is InChI=1S/C33H48FN5O5S/c1-20(2)26(18-21(3)29(40)38-45(43,44)23-16-17-25(35)24(34)19-23)39(10)31(42)28(32(4,5)6)37-30(41)27(36-9)33(7,8)22-14-12-11-13-15-22/h11-20,26-28,36H,35H2,1-10H3,(H,37,41)(H,38,40)/b21-18+/t26-,27-,28?/m1/s1. The summed E-state index contributed by atoms with van der Waals surface area (Å²) in [6.07, 6.45) is 1.51. The average Bonchev–Trinajstić information content (AvgIpc) is 2.94. The Morgan fingerprint density at radius 3 is 2.04 bits per heavy atom. The first-order valence-corrected chi connectivity index (χ1v) is 16.2. The fourth-order valence-corrected chi connectivity index (χ4v) is 6.13. The minimum absolute atomic E-state index is 0.0315. The molecule has 3 amide bonds. The molecule has 0 saturated heterocycles. The van der Waals surface area contributed by atoms with Crippen LogP contribution in [0, 0.1) is 17.2 Å². The summed E-state index contributed by atoms with van der Waals surface area (Å²) >= 11 is 0. The number of nitrogens with two attached hydrogens (primary N) is 1. The van der Waals surface area contributed by atoms with Gasteiger partial charge in [-0.2, -0.15) is 0 Å². The van der Waals surface area contributed by atoms with Crippen molar-refractivity contribution in [2.75, 3.05) is 19.8 Å². The molecule has 0 aliphatic carbocycles. The monoisotopic (exact) mass is 645 g/mol. The number of carbonyl (C=O) groups excluding carboxylic acids is 3. The van der Waals surface area contributed by atoms with E-state index >= 15 is 0 Å². The maximum atomic E-state index is 14.0. The van der Waals surface area contributed by atoms with Crippen LogP contribution in [0.2, 0.25) is 0 Å². The fourth-order valence-electron chi connectivity index (χ4n) is 5.10. The Labute approximate surface area is 267 Å². The van der Waals surface area contributed by atoms with Crippen LogP contribution in [0.4, 0.5) is 10.1 Å². The van der Waals surface area contributed by atoms with Crippen LogP contribution in [0.1, 0.15) is 61.0 Å². The summed E-state index contributed by atoms with van der Waals surface area (Å²) in [5.74, 6) is -2.77. The lowest BCUT2D eigenvalue weighted by Gasteiger charge is -2.40. The topological polar surface area (TPSA) is 151 Å². The highest BCUT2D eigenvalue weighted by atomic mass is 32.2. The Morgan fingerprint density at radius 2 is 1.56 bits per heavy atom. The smallest absolute Gasteiger partial charge is 0.264 e. The van der Waals surface area contributed by atoms with E-state index in [1.807, 2.05) is 83.5 Å². The third-order valence-electron chi connectivity index (χ3n) is 7.96. The molecule has 5 N–H and O–H groups in total. The predicted octanol–water partition coefficient (Wildman–Crippen LogP) is 3.74. The Balaban J connectivity index is 2.34. The van der Waals surface area contributed by atoms with Crippen molar-refractivity contribution in [3.63, 3.8) is 0 Å². The quantitative estimate of drug-likeness (QED) is 0.203. The number of nitrogen functional groups attached to an aromatic ring is 1. The molecule has 12 heteroatoms. The van der Waals surface area contributed by atoms with Gasteiger partial charge in [0.2, 0.25) is 11.8 Å². The molecular formula is C33H48FN5O5S. The van der Waals surface area contributed by atoms with E-state index < -0.39 is 55.6 Å². The molecule has 0 radical (unpaired) electrons. The number of likely N-dealkylation sites (N-methyl/N-ethyl adjacent to an activating group) is 2. The maximum Gasteiger partial charge on any atom is 0.264 e. The number of benzene rings is 2. The first-order valence-electron chi connectivity index (χ1n) is 14.8. The van der Waals surface area contributed by atoms with Gasteiger partial charge in [-0.05, 0) is 49.1 Å². The molecule has 3 atom stereocenters. The van der Waals surface area contributed by atoms with E-state index in [0.29, 0.717) is 0 Å². The normalized spacial score (nSPS) is 14.8. The molecule has 0 bridgehead atoms. The minimum atomic E-state index is -4.40. The van der Waals surface area contributed by atoms with Crippen LogP contribution in [-0.2, 0) is 29.8 Å². The summed E-state index contributed by atoms with van der Waals surface area (Å²) < 4.78 is 41.3. The number of nitrogens with zero attached hydrogens (tertiary/aromatic N) is 1. The molecule has 0 aliphatic rings. The number of carbonyl (C=O) groups is 3. The van der Waals surface area contributed by atoms with Crippen molar-refractivity contribution in [2.45, 2.75) is 83.8 Å². The Bertz CT molecular complexity index is 1520. The molecule has 0 aromatic heterocycles. The molecule has 248 valence electrons. The lowest BCUT2D eigenvalue weighted by atomic mass is 9.76. The van der Waals surface area contributed by atoms with Gasteiger partial charge in [0.05, 0.1) is 22.7 Å². The van der Waals surface area contributed by atoms with Crippen LogP contribution in [0.5, 0.6) is 0 Å². The van der Waals surface area contributed by atoms with Crippen molar-refractivity contribution >= 4 is 33.4 Å². The molecule has 0 heterocycles. The van der Waals surface area contributed by atoms with E-state index in [9.17, 15) is 27.2 Å². The van der Waals surface area contributed by atoms with Crippen LogP contribution < -0.4 is 21.1 Å². The van der Waals surface area contributed by atoms with Crippen molar-refractivity contribution in [2.24, 2.45) is 11.3 Å². The van der Waals surface area contributed by atoms with Gasteiger partial charge in [0.15, 0.2) is 0 Å². The largest absolute Gasteiger partial charge is 0.396 e. The molecule has 2 aromatic carbocycles. The fraction of sp³-hybridized carbons (Fsp3) is 0.485. The lowest BCUT2D eigenvalue weighted by molar-refractivity contribution is -0.140. The van der Waals surface area contributed by atoms with Crippen molar-refractivity contribution in [1.82, 2.24) is 20.3 Å². The molecule has 1 unspecified atom stereocenters. The summed E-state index contributed by atoms with van der Waals surface area (Å²) in [4.78, 5) is 41.7. The molecule has 0 saturated carbocycles. The van der Waals surface area contributed by atoms with Crippen LogP contribution in [-0.4, -0.2) is 63.3 Å². The van der Waals surface area contributed by atoms with Crippen LogP contribution in [0.25, 0.3) is 0 Å². The van der Waals surface area contributed by atoms with E-state index in [1.54, 1.807) is 14.1 Å². The number of amides is 3. The van der Waals surface area contributed by atoms with Gasteiger partial charge in [-0.3, -0.25) is 14.4 Å². The van der Waals surface area contributed by atoms with E-state index in [1.165, 1.54) is 17.9 Å². The highest BCUT2D eigenvalue weighted by molar-refractivity contribution is 7.90. The van der Waals surface area contributed by atoms with Crippen molar-refractivity contribution < 1.29 is 27.2 Å². The summed E-state index contributed by atoms with van der Waals surface area (Å²) in [5, 5.41) is 6.09. The van der Waals surface area contributed by atoms with Gasteiger partial charge in [0.25, 0.3) is 15.9 Å². The molecule has 0 spiro atoms. The number of hydrogen-bond acceptors (Lipinski definition) is 7. The van der Waals surface area contributed by atoms with Gasteiger partial charge >= 0.3 is 0 Å². The molecule has 45 heavy (non-hydrogen) atoms. The van der Waals surface area contributed by atoms with Gasteiger partial charge in [0, 0.05) is 18.0 Å². The highest BCUT2D eigenvalue weighted by Gasteiger charge is 2.41. The maximum absolute atomic E-state index is 14.0. The zero-order chi connectivity index (χ0) is 34.5. The van der Waals surface area contributed by atoms with E-state index in [-0.39, 0.29) is 29.0 Å². The highest BCUT2D eigenvalue weighted by Crippen LogP contribution is 2.29. The second-order valence-corrected chi connectivity index (χ2v) is 15.0. The number of halogens is 1. The van der Waals surface area contributed by atoms with Gasteiger partial charge in [-0.15, -0.1) is 0 Å². The van der Waals surface area contributed by atoms with Crippen molar-refractivity contribution in [3.05, 3.63) is 71.6 Å². The molecule has 0 aliphatic heterocycles. The summed E-state index contributed by atoms with van der Waals surface area (Å²) in [5.41, 5.74) is 4.90. The minimum Gasteiger partial charge on any atom is -0.396 e. The number of hydrogen-bond donors (Lipinski definition) is 4. The SMILES string of the molecule is CN[C@H](C(=O)NC(C(=O)N(C)[C@H](/C=C(\C)C(=O)NS(=O)(=O)c1ccc(N)c(F)c1)C(C)C)C(C)(C)C)C(C)(C)c1ccccc1. The predicted molar refractivity (Wildman–Crippen MR) is 175 cm³/mol. The first-order chi connectivity index (χ1) is 20.6. The molecule has 10 nitrogen and oxygen atoms in total. The number of anilines is 1. The number of nitrogens with one attached hydrogen (secondary N) is 3. The van der Waals surface area contributed by atoms with Gasteiger partial charge in [0.1, 0.15) is 11.9 Å². The number of sulfonamides is 1. The van der Waals surface area contributed by atoms with Crippen molar-refractivity contribution in [3.8, 4) is 0 Å². The third kappa shape index (κ3) is 9.13. The second kappa shape index (κ2) is 14.6. The van der Waals surface area contributed by atoms with E-state index in [2.05, 4.69) is 10.6 Å². The summed E-state index contributed by atoms with van der Waals surface area (Å²) in [6, 6.07) is 10.3. The Kier molecular flexibility index (Phi) is 12.1. The first kappa shape index (κ1) is 37.4. The zero-order valence-corrected chi connectivity index (χ0v) is 28.7. The summed E-state index contributed by atoms with van der Waals surface area (Å²) in [7, 11) is -1.11. The number of rotatable bonds is 12. The van der Waals surface area contributed by atoms with Crippen LogP contribution in [0.15, 0.2) is 65.1 Å².